The molecule has 3 aromatic rings. The first kappa shape index (κ1) is 17.6. The highest BCUT2D eigenvalue weighted by molar-refractivity contribution is 7.71. The second kappa shape index (κ2) is 6.93. The van der Waals surface area contributed by atoms with Crippen LogP contribution in [0.15, 0.2) is 34.2 Å². The summed E-state index contributed by atoms with van der Waals surface area (Å²) >= 11 is 11.7. The SMILES string of the molecule is Cc1nn(CC(C)C)c(Cl)c1/C=N\n1c(=S)[nH]c2ccccc2c1=O. The zero-order chi connectivity index (χ0) is 18.1. The van der Waals surface area contributed by atoms with E-state index in [-0.39, 0.29) is 10.3 Å². The number of halogens is 1. The third-order valence-corrected chi connectivity index (χ3v) is 4.41. The number of aromatic amines is 1. The van der Waals surface area contributed by atoms with Gasteiger partial charge in [0, 0.05) is 6.54 Å². The number of benzene rings is 1. The van der Waals surface area contributed by atoms with Crippen molar-refractivity contribution in [2.24, 2.45) is 11.0 Å². The van der Waals surface area contributed by atoms with Crippen LogP contribution in [0.5, 0.6) is 0 Å². The largest absolute Gasteiger partial charge is 0.330 e. The first-order valence-corrected chi connectivity index (χ1v) is 8.68. The Bertz CT molecular complexity index is 1080. The molecule has 0 saturated heterocycles. The lowest BCUT2D eigenvalue weighted by atomic mass is 10.2. The Morgan fingerprint density at radius 3 is 2.84 bits per heavy atom. The molecule has 0 aliphatic carbocycles. The van der Waals surface area contributed by atoms with E-state index < -0.39 is 0 Å². The van der Waals surface area contributed by atoms with Gasteiger partial charge in [0.25, 0.3) is 5.56 Å². The minimum atomic E-state index is -0.279. The summed E-state index contributed by atoms with van der Waals surface area (Å²) in [5.74, 6) is 0.415. The van der Waals surface area contributed by atoms with E-state index in [1.807, 2.05) is 13.0 Å². The van der Waals surface area contributed by atoms with Gasteiger partial charge in [-0.15, -0.1) is 0 Å². The molecule has 1 aromatic carbocycles. The molecule has 2 heterocycles. The van der Waals surface area contributed by atoms with E-state index in [4.69, 9.17) is 23.8 Å². The van der Waals surface area contributed by atoms with Crippen LogP contribution in [0, 0.1) is 17.6 Å². The normalized spacial score (nSPS) is 11.9. The van der Waals surface area contributed by atoms with Gasteiger partial charge in [-0.1, -0.05) is 37.6 Å². The second-order valence-corrected chi connectivity index (χ2v) is 6.95. The summed E-state index contributed by atoms with van der Waals surface area (Å²) < 4.78 is 3.13. The molecule has 0 spiro atoms. The Balaban J connectivity index is 2.07. The van der Waals surface area contributed by atoms with Crippen molar-refractivity contribution in [2.75, 3.05) is 0 Å². The Morgan fingerprint density at radius 1 is 1.40 bits per heavy atom. The minimum absolute atomic E-state index is 0.225. The highest BCUT2D eigenvalue weighted by Crippen LogP contribution is 2.19. The molecule has 0 bridgehead atoms. The van der Waals surface area contributed by atoms with Crippen molar-refractivity contribution in [3.63, 3.8) is 0 Å². The van der Waals surface area contributed by atoms with Crippen LogP contribution in [-0.2, 0) is 6.54 Å². The van der Waals surface area contributed by atoms with Gasteiger partial charge in [-0.2, -0.15) is 14.9 Å². The van der Waals surface area contributed by atoms with E-state index in [1.165, 1.54) is 6.21 Å². The van der Waals surface area contributed by atoms with Gasteiger partial charge in [-0.3, -0.25) is 9.48 Å². The molecule has 0 radical (unpaired) electrons. The van der Waals surface area contributed by atoms with Crippen LogP contribution in [0.4, 0.5) is 0 Å². The number of para-hydroxylation sites is 1. The molecule has 25 heavy (non-hydrogen) atoms. The first-order valence-electron chi connectivity index (χ1n) is 7.90. The lowest BCUT2D eigenvalue weighted by Crippen LogP contribution is -2.18. The average Bonchev–Trinajstić information content (AvgIpc) is 2.81. The molecule has 1 N–H and O–H groups in total. The highest BCUT2D eigenvalue weighted by Gasteiger charge is 2.13. The Kier molecular flexibility index (Phi) is 4.87. The van der Waals surface area contributed by atoms with Crippen molar-refractivity contribution in [3.05, 3.63) is 55.8 Å². The lowest BCUT2D eigenvalue weighted by Gasteiger charge is -2.05. The van der Waals surface area contributed by atoms with Crippen LogP contribution >= 0.6 is 23.8 Å². The minimum Gasteiger partial charge on any atom is -0.330 e. The van der Waals surface area contributed by atoms with E-state index in [0.717, 1.165) is 10.4 Å². The maximum atomic E-state index is 12.6. The predicted octanol–water partition coefficient (Wildman–Crippen LogP) is 3.76. The molecule has 3 rings (SSSR count). The molecule has 0 aliphatic rings. The van der Waals surface area contributed by atoms with Crippen LogP contribution in [-0.4, -0.2) is 25.7 Å². The molecular weight excluding hydrogens is 358 g/mol. The molecule has 0 amide bonds. The smallest absolute Gasteiger partial charge is 0.282 e. The Labute approximate surface area is 154 Å². The van der Waals surface area contributed by atoms with Gasteiger partial charge in [0.1, 0.15) is 5.15 Å². The summed E-state index contributed by atoms with van der Waals surface area (Å²) in [4.78, 5) is 15.6. The van der Waals surface area contributed by atoms with Crippen molar-refractivity contribution < 1.29 is 0 Å². The summed E-state index contributed by atoms with van der Waals surface area (Å²) in [7, 11) is 0. The van der Waals surface area contributed by atoms with E-state index in [1.54, 1.807) is 22.9 Å². The molecule has 0 aliphatic heterocycles. The summed E-state index contributed by atoms with van der Waals surface area (Å²) in [6, 6.07) is 7.17. The van der Waals surface area contributed by atoms with E-state index in [2.05, 4.69) is 29.0 Å². The number of hydrogen-bond donors (Lipinski definition) is 1. The van der Waals surface area contributed by atoms with Gasteiger partial charge in [-0.05, 0) is 37.2 Å². The summed E-state index contributed by atoms with van der Waals surface area (Å²) in [6.45, 7) is 6.75. The van der Waals surface area contributed by atoms with E-state index >= 15 is 0 Å². The van der Waals surface area contributed by atoms with Gasteiger partial charge in [0.2, 0.25) is 4.77 Å². The molecule has 2 aromatic heterocycles. The number of hydrogen-bond acceptors (Lipinski definition) is 4. The molecule has 0 atom stereocenters. The molecule has 8 heteroatoms. The van der Waals surface area contributed by atoms with Crippen molar-refractivity contribution in [1.82, 2.24) is 19.4 Å². The number of aromatic nitrogens is 4. The number of H-pyrrole nitrogens is 1. The van der Waals surface area contributed by atoms with E-state index in [0.29, 0.717) is 34.1 Å². The lowest BCUT2D eigenvalue weighted by molar-refractivity contribution is 0.482. The van der Waals surface area contributed by atoms with Gasteiger partial charge in [0.15, 0.2) is 0 Å². The van der Waals surface area contributed by atoms with Crippen molar-refractivity contribution >= 4 is 40.9 Å². The van der Waals surface area contributed by atoms with Crippen LogP contribution in [0.2, 0.25) is 5.15 Å². The number of fused-ring (bicyclic) bond motifs is 1. The van der Waals surface area contributed by atoms with Crippen molar-refractivity contribution in [2.45, 2.75) is 27.3 Å². The monoisotopic (exact) mass is 375 g/mol. The predicted molar refractivity (Wildman–Crippen MR) is 103 cm³/mol. The second-order valence-electron chi connectivity index (χ2n) is 6.20. The molecule has 0 unspecified atom stereocenters. The summed E-state index contributed by atoms with van der Waals surface area (Å²) in [6.07, 6.45) is 1.53. The quantitative estimate of drug-likeness (QED) is 0.557. The van der Waals surface area contributed by atoms with Gasteiger partial charge in [-0.25, -0.2) is 0 Å². The number of rotatable bonds is 4. The standard InChI is InChI=1S/C17H18ClN5OS/c1-10(2)9-22-15(18)13(11(3)21-22)8-19-23-16(24)12-6-4-5-7-14(12)20-17(23)25/h4-8,10H,9H2,1-3H3,(H,20,25)/b19-8-. The van der Waals surface area contributed by atoms with Crippen LogP contribution < -0.4 is 5.56 Å². The first-order chi connectivity index (χ1) is 11.9. The topological polar surface area (TPSA) is 68.0 Å². The Morgan fingerprint density at radius 2 is 2.12 bits per heavy atom. The average molecular weight is 376 g/mol. The van der Waals surface area contributed by atoms with E-state index in [9.17, 15) is 4.79 Å². The number of nitrogens with zero attached hydrogens (tertiary/aromatic N) is 4. The third-order valence-electron chi connectivity index (χ3n) is 3.73. The Hall–Kier alpha value is -2.25. The summed E-state index contributed by atoms with van der Waals surface area (Å²) in [5, 5.41) is 9.69. The molecular formula is C17H18ClN5OS. The van der Waals surface area contributed by atoms with Crippen LogP contribution in [0.1, 0.15) is 25.1 Å². The van der Waals surface area contributed by atoms with Crippen molar-refractivity contribution in [3.8, 4) is 0 Å². The molecule has 130 valence electrons. The zero-order valence-electron chi connectivity index (χ0n) is 14.2. The van der Waals surface area contributed by atoms with Gasteiger partial charge < -0.3 is 4.98 Å². The molecule has 6 nitrogen and oxygen atoms in total. The highest BCUT2D eigenvalue weighted by atomic mass is 35.5. The zero-order valence-corrected chi connectivity index (χ0v) is 15.7. The van der Waals surface area contributed by atoms with Crippen LogP contribution in [0.25, 0.3) is 10.9 Å². The maximum Gasteiger partial charge on any atom is 0.282 e. The fraction of sp³-hybridized carbons (Fsp3) is 0.294. The number of aryl methyl sites for hydroxylation is 1. The van der Waals surface area contributed by atoms with Gasteiger partial charge >= 0.3 is 0 Å². The van der Waals surface area contributed by atoms with Crippen LogP contribution in [0.3, 0.4) is 0 Å². The fourth-order valence-electron chi connectivity index (χ4n) is 2.55. The van der Waals surface area contributed by atoms with Crippen molar-refractivity contribution in [1.29, 1.82) is 0 Å². The molecule has 0 fully saturated rings. The summed E-state index contributed by atoms with van der Waals surface area (Å²) in [5.41, 5.74) is 1.83. The maximum absolute atomic E-state index is 12.6. The third kappa shape index (κ3) is 3.43. The molecule has 0 saturated carbocycles. The fourth-order valence-corrected chi connectivity index (χ4v) is 3.09. The number of nitrogens with one attached hydrogen (secondary N) is 1. The van der Waals surface area contributed by atoms with Gasteiger partial charge in [0.05, 0.1) is 28.4 Å².